The molecule has 0 aliphatic carbocycles. The molecular weight excluding hydrogens is 392 g/mol. The van der Waals surface area contributed by atoms with E-state index in [-0.39, 0.29) is 25.0 Å². The zero-order valence-electron chi connectivity index (χ0n) is 18.2. The van der Waals surface area contributed by atoms with Crippen LogP contribution in [0.5, 0.6) is 5.75 Å². The fourth-order valence-corrected chi connectivity index (χ4v) is 3.91. The van der Waals surface area contributed by atoms with Crippen LogP contribution in [0.15, 0.2) is 54.1 Å². The summed E-state index contributed by atoms with van der Waals surface area (Å²) in [4.78, 5) is 26.0. The van der Waals surface area contributed by atoms with E-state index in [1.807, 2.05) is 48.5 Å². The number of carbonyl (C=O) groups excluding carboxylic acids is 1. The van der Waals surface area contributed by atoms with Crippen molar-refractivity contribution < 1.29 is 19.4 Å². The number of ether oxygens (including phenoxy) is 1. The predicted octanol–water partition coefficient (Wildman–Crippen LogP) is 4.00. The molecule has 0 aromatic heterocycles. The summed E-state index contributed by atoms with van der Waals surface area (Å²) in [7, 11) is 0. The van der Waals surface area contributed by atoms with Crippen molar-refractivity contribution in [2.75, 3.05) is 26.2 Å². The number of nitrogens with one attached hydrogen (secondary N) is 1. The maximum atomic E-state index is 13.0. The molecule has 166 valence electrons. The Morgan fingerprint density at radius 1 is 1.19 bits per heavy atom. The quantitative estimate of drug-likeness (QED) is 0.421. The van der Waals surface area contributed by atoms with E-state index in [1.165, 1.54) is 0 Å². The number of carboxylic acids is 1. The van der Waals surface area contributed by atoms with Crippen LogP contribution in [0.2, 0.25) is 0 Å². The number of amides is 1. The van der Waals surface area contributed by atoms with Gasteiger partial charge in [0.05, 0.1) is 5.57 Å². The Balaban J connectivity index is 1.65. The third-order valence-corrected chi connectivity index (χ3v) is 5.71. The zero-order chi connectivity index (χ0) is 22.1. The molecule has 1 saturated heterocycles. The number of fused-ring (bicyclic) bond motifs is 1. The second-order valence-electron chi connectivity index (χ2n) is 7.99. The van der Waals surface area contributed by atoms with Crippen molar-refractivity contribution in [1.29, 1.82) is 0 Å². The van der Waals surface area contributed by atoms with Gasteiger partial charge in [0.25, 0.3) is 5.91 Å². The first kappa shape index (κ1) is 22.8. The van der Waals surface area contributed by atoms with E-state index in [4.69, 9.17) is 9.84 Å². The summed E-state index contributed by atoms with van der Waals surface area (Å²) >= 11 is 0. The normalized spacial score (nSPS) is 17.1. The third-order valence-electron chi connectivity index (χ3n) is 5.71. The molecule has 1 fully saturated rings. The molecule has 2 aromatic carbocycles. The Morgan fingerprint density at radius 2 is 2.00 bits per heavy atom. The fourth-order valence-electron chi connectivity index (χ4n) is 3.91. The summed E-state index contributed by atoms with van der Waals surface area (Å²) < 4.78 is 6.07. The number of unbranched alkanes of at least 4 members (excludes halogenated alkanes) is 2. The highest BCUT2D eigenvalue weighted by atomic mass is 16.5. The molecule has 6 heteroatoms. The number of benzene rings is 2. The summed E-state index contributed by atoms with van der Waals surface area (Å²) in [6.07, 6.45) is 4.98. The van der Waals surface area contributed by atoms with Gasteiger partial charge in [0.1, 0.15) is 12.4 Å². The monoisotopic (exact) mass is 424 g/mol. The van der Waals surface area contributed by atoms with Crippen LogP contribution >= 0.6 is 0 Å². The maximum Gasteiger partial charge on any atom is 0.303 e. The molecule has 3 rings (SSSR count). The number of likely N-dealkylation sites (N-methyl/N-ethyl adjacent to an activating group) is 1. The van der Waals surface area contributed by atoms with Crippen LogP contribution in [0, 0.1) is 0 Å². The van der Waals surface area contributed by atoms with Crippen LogP contribution in [0.25, 0.3) is 10.8 Å². The lowest BCUT2D eigenvalue weighted by molar-refractivity contribution is -0.137. The number of allylic oxidation sites excluding steroid dienone is 1. The molecule has 1 aliphatic rings. The van der Waals surface area contributed by atoms with E-state index in [1.54, 1.807) is 0 Å². The lowest BCUT2D eigenvalue weighted by Gasteiger charge is -2.17. The van der Waals surface area contributed by atoms with Gasteiger partial charge in [-0.3, -0.25) is 9.59 Å². The first-order valence-electron chi connectivity index (χ1n) is 11.1. The molecule has 0 radical (unpaired) electrons. The first-order chi connectivity index (χ1) is 15.1. The average Bonchev–Trinajstić information content (AvgIpc) is 3.22. The van der Waals surface area contributed by atoms with Crippen LogP contribution in [0.1, 0.15) is 39.0 Å². The standard InChI is InChI=1S/C25H32N2O4/c1-2-27-16-15-21(17-27)26-25(30)20(10-4-3-5-14-24(28)29)18-31-23-13-8-11-19-9-6-7-12-22(19)23/h6-13,21H,2-5,14-18H2,1H3,(H,26,30)(H,28,29)/b20-10+. The Hall–Kier alpha value is -2.86. The molecule has 1 unspecified atom stereocenters. The van der Waals surface area contributed by atoms with Crippen molar-refractivity contribution in [2.45, 2.75) is 45.1 Å². The molecule has 1 amide bonds. The van der Waals surface area contributed by atoms with Gasteiger partial charge in [0.15, 0.2) is 0 Å². The minimum absolute atomic E-state index is 0.0959. The van der Waals surface area contributed by atoms with Crippen LogP contribution in [-0.2, 0) is 9.59 Å². The van der Waals surface area contributed by atoms with Gasteiger partial charge < -0.3 is 20.1 Å². The number of hydrogen-bond donors (Lipinski definition) is 2. The van der Waals surface area contributed by atoms with Gasteiger partial charge in [0.2, 0.25) is 0 Å². The SMILES string of the molecule is CCN1CCC(NC(=O)/C(=C/CCCCC(=O)O)COc2cccc3ccccc23)C1. The molecule has 0 spiro atoms. The summed E-state index contributed by atoms with van der Waals surface area (Å²) in [5.41, 5.74) is 0.596. The largest absolute Gasteiger partial charge is 0.488 e. The third kappa shape index (κ3) is 6.82. The van der Waals surface area contributed by atoms with Crippen molar-refractivity contribution in [1.82, 2.24) is 10.2 Å². The van der Waals surface area contributed by atoms with Gasteiger partial charge >= 0.3 is 5.97 Å². The highest BCUT2D eigenvalue weighted by Crippen LogP contribution is 2.25. The van der Waals surface area contributed by atoms with Crippen LogP contribution < -0.4 is 10.1 Å². The van der Waals surface area contributed by atoms with Crippen molar-refractivity contribution >= 4 is 22.6 Å². The second-order valence-corrected chi connectivity index (χ2v) is 7.99. The highest BCUT2D eigenvalue weighted by Gasteiger charge is 2.24. The molecule has 1 aliphatic heterocycles. The number of likely N-dealkylation sites (tertiary alicyclic amines) is 1. The zero-order valence-corrected chi connectivity index (χ0v) is 18.2. The van der Waals surface area contributed by atoms with E-state index in [2.05, 4.69) is 17.1 Å². The lowest BCUT2D eigenvalue weighted by Crippen LogP contribution is -2.38. The highest BCUT2D eigenvalue weighted by molar-refractivity contribution is 5.94. The molecule has 0 saturated carbocycles. The molecule has 0 bridgehead atoms. The molecule has 2 aromatic rings. The van der Waals surface area contributed by atoms with E-state index >= 15 is 0 Å². The smallest absolute Gasteiger partial charge is 0.303 e. The first-order valence-corrected chi connectivity index (χ1v) is 11.1. The molecule has 2 N–H and O–H groups in total. The second kappa shape index (κ2) is 11.5. The topological polar surface area (TPSA) is 78.9 Å². The van der Waals surface area contributed by atoms with E-state index in [0.717, 1.165) is 49.0 Å². The van der Waals surface area contributed by atoms with Gasteiger partial charge in [-0.25, -0.2) is 0 Å². The van der Waals surface area contributed by atoms with Crippen LogP contribution in [0.3, 0.4) is 0 Å². The minimum Gasteiger partial charge on any atom is -0.488 e. The Labute approximate surface area is 183 Å². The minimum atomic E-state index is -0.789. The number of aliphatic carboxylic acids is 1. The summed E-state index contributed by atoms with van der Waals surface area (Å²) in [5, 5.41) is 14.1. The Kier molecular flexibility index (Phi) is 8.47. The molecule has 1 heterocycles. The van der Waals surface area contributed by atoms with Crippen LogP contribution in [0.4, 0.5) is 0 Å². The van der Waals surface area contributed by atoms with Crippen molar-refractivity contribution in [2.24, 2.45) is 0 Å². The van der Waals surface area contributed by atoms with Crippen molar-refractivity contribution in [3.8, 4) is 5.75 Å². The Bertz CT molecular complexity index is 919. The maximum absolute atomic E-state index is 13.0. The van der Waals surface area contributed by atoms with Gasteiger partial charge in [-0.2, -0.15) is 0 Å². The van der Waals surface area contributed by atoms with E-state index in [0.29, 0.717) is 18.4 Å². The van der Waals surface area contributed by atoms with Gasteiger partial charge in [-0.05, 0) is 43.7 Å². The van der Waals surface area contributed by atoms with Crippen molar-refractivity contribution in [3.05, 3.63) is 54.1 Å². The number of carboxylic acid groups (broad SMARTS) is 1. The molecule has 1 atom stereocenters. The number of rotatable bonds is 11. The fraction of sp³-hybridized carbons (Fsp3) is 0.440. The van der Waals surface area contributed by atoms with Gasteiger partial charge in [0, 0.05) is 30.9 Å². The van der Waals surface area contributed by atoms with Gasteiger partial charge in [-0.15, -0.1) is 0 Å². The predicted molar refractivity (Wildman–Crippen MR) is 122 cm³/mol. The Morgan fingerprint density at radius 3 is 2.77 bits per heavy atom. The van der Waals surface area contributed by atoms with Gasteiger partial charge in [-0.1, -0.05) is 49.4 Å². The van der Waals surface area contributed by atoms with E-state index < -0.39 is 5.97 Å². The van der Waals surface area contributed by atoms with E-state index in [9.17, 15) is 9.59 Å². The summed E-state index contributed by atoms with van der Waals surface area (Å²) in [6.45, 7) is 5.18. The van der Waals surface area contributed by atoms with Crippen molar-refractivity contribution in [3.63, 3.8) is 0 Å². The average molecular weight is 425 g/mol. The number of nitrogens with zero attached hydrogens (tertiary/aromatic N) is 1. The number of carbonyl (C=O) groups is 2. The summed E-state index contributed by atoms with van der Waals surface area (Å²) in [5.74, 6) is -0.134. The molecular formula is C25H32N2O4. The van der Waals surface area contributed by atoms with Crippen LogP contribution in [-0.4, -0.2) is 54.2 Å². The molecule has 31 heavy (non-hydrogen) atoms. The number of hydrogen-bond acceptors (Lipinski definition) is 4. The molecule has 6 nitrogen and oxygen atoms in total. The summed E-state index contributed by atoms with van der Waals surface area (Å²) in [6, 6.07) is 14.1. The lowest BCUT2D eigenvalue weighted by atomic mass is 10.1.